The number of carbonyl (C=O) groups is 2. The van der Waals surface area contributed by atoms with Gasteiger partial charge in [-0.25, -0.2) is 4.79 Å². The maximum absolute atomic E-state index is 14.1. The molecule has 8 heteroatoms. The molecule has 2 unspecified atom stereocenters. The quantitative estimate of drug-likeness (QED) is 0.194. The molecule has 0 amide bonds. The topological polar surface area (TPSA) is 92.3 Å². The van der Waals surface area contributed by atoms with Crippen LogP contribution in [0.3, 0.4) is 0 Å². The van der Waals surface area contributed by atoms with Crippen molar-refractivity contribution >= 4 is 11.8 Å². The van der Waals surface area contributed by atoms with Gasteiger partial charge in [-0.05, 0) is 55.5 Å². The number of ether oxygens (including phenoxy) is 5. The van der Waals surface area contributed by atoms with Gasteiger partial charge in [-0.15, -0.1) is 0 Å². The molecule has 0 fully saturated rings. The van der Waals surface area contributed by atoms with Crippen LogP contribution in [0.2, 0.25) is 0 Å². The fourth-order valence-electron chi connectivity index (χ4n) is 5.96. The maximum Gasteiger partial charge on any atom is 0.336 e. The average Bonchev–Trinajstić information content (AvgIpc) is 3.05. The van der Waals surface area contributed by atoms with Crippen LogP contribution in [0, 0.1) is 0 Å². The van der Waals surface area contributed by atoms with Gasteiger partial charge in [0.15, 0.2) is 17.3 Å². The highest BCUT2D eigenvalue weighted by Crippen LogP contribution is 2.48. The van der Waals surface area contributed by atoms with Crippen LogP contribution < -0.4 is 19.5 Å². The molecule has 0 bridgehead atoms. The number of allylic oxidation sites excluding steroid dienone is 3. The molecule has 230 valence electrons. The van der Waals surface area contributed by atoms with E-state index in [1.165, 1.54) is 0 Å². The van der Waals surface area contributed by atoms with Crippen LogP contribution in [0.1, 0.15) is 55.2 Å². The lowest BCUT2D eigenvalue weighted by molar-refractivity contribution is -0.140. The first-order chi connectivity index (χ1) is 21.4. The summed E-state index contributed by atoms with van der Waals surface area (Å²) in [5.41, 5.74) is 5.15. The van der Waals surface area contributed by atoms with Gasteiger partial charge in [-0.2, -0.15) is 0 Å². The Morgan fingerprint density at radius 3 is 2.39 bits per heavy atom. The van der Waals surface area contributed by atoms with Crippen LogP contribution in [0.4, 0.5) is 0 Å². The number of dihydropyridines is 1. The Hall–Kier alpha value is -4.56. The minimum absolute atomic E-state index is 0.0338. The summed E-state index contributed by atoms with van der Waals surface area (Å²) in [7, 11) is 3.20. The predicted octanol–water partition coefficient (Wildman–Crippen LogP) is 6.22. The van der Waals surface area contributed by atoms with E-state index < -0.39 is 11.9 Å². The fourth-order valence-corrected chi connectivity index (χ4v) is 5.96. The van der Waals surface area contributed by atoms with E-state index in [2.05, 4.69) is 5.32 Å². The molecule has 1 aliphatic heterocycles. The summed E-state index contributed by atoms with van der Waals surface area (Å²) in [5.74, 6) is 0.601. The van der Waals surface area contributed by atoms with Gasteiger partial charge in [0.25, 0.3) is 0 Å². The summed E-state index contributed by atoms with van der Waals surface area (Å²) in [6, 6.07) is 23.3. The number of benzene rings is 3. The van der Waals surface area contributed by atoms with Gasteiger partial charge < -0.3 is 29.0 Å². The summed E-state index contributed by atoms with van der Waals surface area (Å²) in [4.78, 5) is 27.8. The predicted molar refractivity (Wildman–Crippen MR) is 167 cm³/mol. The summed E-state index contributed by atoms with van der Waals surface area (Å²) in [6.45, 7) is 5.03. The maximum atomic E-state index is 14.1. The highest BCUT2D eigenvalue weighted by molar-refractivity contribution is 6.04. The third kappa shape index (κ3) is 6.65. The monoisotopic (exact) mass is 597 g/mol. The van der Waals surface area contributed by atoms with Crippen LogP contribution in [-0.4, -0.2) is 45.8 Å². The van der Waals surface area contributed by atoms with Crippen LogP contribution >= 0.6 is 0 Å². The smallest absolute Gasteiger partial charge is 0.336 e. The second-order valence-corrected chi connectivity index (χ2v) is 10.8. The lowest BCUT2D eigenvalue weighted by Crippen LogP contribution is -2.36. The minimum Gasteiger partial charge on any atom is -0.493 e. The highest BCUT2D eigenvalue weighted by atomic mass is 16.6. The van der Waals surface area contributed by atoms with Gasteiger partial charge >= 0.3 is 5.97 Å². The Morgan fingerprint density at radius 1 is 0.886 bits per heavy atom. The standard InChI is InChI=1S/C36H39NO7/c1-5-42-17-18-43-36(39)33-23(2)37-28-19-26(25-15-16-31(40-3)32(21-25)41-4)20-29(38)35(28)34(33)27-13-9-10-14-30(27)44-22-24-11-7-6-8-12-24/h6-16,21,26,34,37H,5,17-20,22H2,1-4H3. The van der Waals surface area contributed by atoms with E-state index in [4.69, 9.17) is 23.7 Å². The molecule has 0 radical (unpaired) electrons. The zero-order valence-corrected chi connectivity index (χ0v) is 25.7. The zero-order chi connectivity index (χ0) is 31.1. The molecule has 1 N–H and O–H groups in total. The van der Waals surface area contributed by atoms with Crippen molar-refractivity contribution in [3.63, 3.8) is 0 Å². The normalized spacial score (nSPS) is 18.0. The molecule has 2 atom stereocenters. The Morgan fingerprint density at radius 2 is 1.64 bits per heavy atom. The molecule has 3 aromatic rings. The van der Waals surface area contributed by atoms with E-state index in [0.717, 1.165) is 22.4 Å². The van der Waals surface area contributed by atoms with Crippen molar-refractivity contribution in [2.24, 2.45) is 0 Å². The number of rotatable bonds is 12. The number of Topliss-reactive ketones (excluding diaryl/α,β-unsaturated/α-hetero) is 1. The second-order valence-electron chi connectivity index (χ2n) is 10.8. The first kappa shape index (κ1) is 30.9. The van der Waals surface area contributed by atoms with Crippen molar-refractivity contribution < 1.29 is 33.3 Å². The van der Waals surface area contributed by atoms with Gasteiger partial charge in [0.1, 0.15) is 19.0 Å². The molecule has 1 aliphatic carbocycles. The van der Waals surface area contributed by atoms with E-state index in [1.807, 2.05) is 86.6 Å². The lowest BCUT2D eigenvalue weighted by Gasteiger charge is -2.37. The first-order valence-electron chi connectivity index (χ1n) is 14.9. The van der Waals surface area contributed by atoms with Crippen LogP contribution in [-0.2, 0) is 25.7 Å². The zero-order valence-electron chi connectivity index (χ0n) is 25.7. The number of para-hydroxylation sites is 1. The summed E-state index contributed by atoms with van der Waals surface area (Å²) < 4.78 is 28.3. The number of carbonyl (C=O) groups excluding carboxylic acids is 2. The van der Waals surface area contributed by atoms with Crippen molar-refractivity contribution in [2.45, 2.75) is 45.1 Å². The Balaban J connectivity index is 1.53. The Bertz CT molecular complexity index is 1560. The summed E-state index contributed by atoms with van der Waals surface area (Å²) in [6.07, 6.45) is 0.870. The van der Waals surface area contributed by atoms with E-state index in [9.17, 15) is 9.59 Å². The third-order valence-electron chi connectivity index (χ3n) is 8.06. The SMILES string of the molecule is CCOCCOC(=O)C1=C(C)NC2=C(C(=O)CC(c3ccc(OC)c(OC)c3)C2)C1c1ccccc1OCc1ccccc1. The molecule has 44 heavy (non-hydrogen) atoms. The molecule has 5 rings (SSSR count). The Kier molecular flexibility index (Phi) is 10.0. The number of hydrogen-bond acceptors (Lipinski definition) is 8. The van der Waals surface area contributed by atoms with Crippen LogP contribution in [0.25, 0.3) is 0 Å². The molecule has 0 aromatic heterocycles. The molecule has 1 heterocycles. The van der Waals surface area contributed by atoms with E-state index in [0.29, 0.717) is 60.3 Å². The van der Waals surface area contributed by atoms with Crippen LogP contribution in [0.15, 0.2) is 95.3 Å². The molecule has 0 saturated heterocycles. The number of hydrogen-bond donors (Lipinski definition) is 1. The summed E-state index contributed by atoms with van der Waals surface area (Å²) >= 11 is 0. The van der Waals surface area contributed by atoms with E-state index >= 15 is 0 Å². The van der Waals surface area contributed by atoms with Crippen molar-refractivity contribution in [1.29, 1.82) is 0 Å². The first-order valence-corrected chi connectivity index (χ1v) is 14.9. The average molecular weight is 598 g/mol. The Labute approximate surface area is 258 Å². The molecule has 8 nitrogen and oxygen atoms in total. The molecule has 2 aliphatic rings. The van der Waals surface area contributed by atoms with Crippen molar-refractivity contribution in [1.82, 2.24) is 5.32 Å². The summed E-state index contributed by atoms with van der Waals surface area (Å²) in [5, 5.41) is 3.42. The van der Waals surface area contributed by atoms with Crippen molar-refractivity contribution in [3.8, 4) is 17.2 Å². The highest BCUT2D eigenvalue weighted by Gasteiger charge is 2.42. The number of esters is 1. The fraction of sp³-hybridized carbons (Fsp3) is 0.333. The van der Waals surface area contributed by atoms with Crippen molar-refractivity contribution in [2.75, 3.05) is 34.0 Å². The van der Waals surface area contributed by atoms with Crippen LogP contribution in [0.5, 0.6) is 17.2 Å². The molecule has 3 aromatic carbocycles. The van der Waals surface area contributed by atoms with Gasteiger partial charge in [-0.3, -0.25) is 4.79 Å². The lowest BCUT2D eigenvalue weighted by atomic mass is 9.71. The van der Waals surface area contributed by atoms with Gasteiger partial charge in [0, 0.05) is 35.6 Å². The minimum atomic E-state index is -0.656. The van der Waals surface area contributed by atoms with Gasteiger partial charge in [-0.1, -0.05) is 54.6 Å². The third-order valence-corrected chi connectivity index (χ3v) is 8.06. The molecular formula is C36H39NO7. The molecular weight excluding hydrogens is 558 g/mol. The van der Waals surface area contributed by atoms with Gasteiger partial charge in [0.2, 0.25) is 0 Å². The largest absolute Gasteiger partial charge is 0.493 e. The van der Waals surface area contributed by atoms with E-state index in [-0.39, 0.29) is 24.7 Å². The van der Waals surface area contributed by atoms with Gasteiger partial charge in [0.05, 0.1) is 32.3 Å². The molecule has 0 spiro atoms. The van der Waals surface area contributed by atoms with E-state index in [1.54, 1.807) is 14.2 Å². The number of methoxy groups -OCH3 is 2. The number of ketones is 1. The second kappa shape index (κ2) is 14.3. The molecule has 0 saturated carbocycles. The number of nitrogens with one attached hydrogen (secondary N) is 1. The van der Waals surface area contributed by atoms with Crippen molar-refractivity contribution in [3.05, 3.63) is 112 Å².